The van der Waals surface area contributed by atoms with Gasteiger partial charge in [-0.25, -0.2) is 0 Å². The quantitative estimate of drug-likeness (QED) is 0.702. The van der Waals surface area contributed by atoms with Crippen LogP contribution in [-0.4, -0.2) is 12.8 Å². The molecule has 0 heterocycles. The minimum atomic E-state index is 0.555. The Kier molecular flexibility index (Phi) is 4.94. The minimum Gasteiger partial charge on any atom is -0.494 e. The molecule has 0 aliphatic carbocycles. The molecule has 0 fully saturated rings. The minimum absolute atomic E-state index is 0.555. The lowest BCUT2D eigenvalue weighted by atomic mass is 10.0. The summed E-state index contributed by atoms with van der Waals surface area (Å²) in [5, 5.41) is 0. The van der Waals surface area contributed by atoms with E-state index in [-0.39, 0.29) is 0 Å². The smallest absolute Gasteiger partial charge is 0.119 e. The first kappa shape index (κ1) is 14.3. The fourth-order valence-electron chi connectivity index (χ4n) is 1.91. The zero-order valence-electron chi connectivity index (χ0n) is 12.3. The summed E-state index contributed by atoms with van der Waals surface area (Å²) in [4.78, 5) is 4.49. The van der Waals surface area contributed by atoms with Gasteiger partial charge in [0.1, 0.15) is 5.75 Å². The van der Waals surface area contributed by atoms with E-state index in [9.17, 15) is 0 Å². The van der Waals surface area contributed by atoms with Crippen molar-refractivity contribution < 1.29 is 4.74 Å². The molecule has 0 amide bonds. The molecule has 20 heavy (non-hydrogen) atoms. The summed E-state index contributed by atoms with van der Waals surface area (Å²) in [5.41, 5.74) is 3.38. The van der Waals surface area contributed by atoms with E-state index in [1.165, 1.54) is 5.56 Å². The maximum atomic E-state index is 5.41. The molecule has 2 nitrogen and oxygen atoms in total. The summed E-state index contributed by atoms with van der Waals surface area (Å²) < 4.78 is 5.41. The fourth-order valence-corrected chi connectivity index (χ4v) is 1.91. The number of ether oxygens (including phenoxy) is 1. The van der Waals surface area contributed by atoms with Crippen LogP contribution in [0.3, 0.4) is 0 Å². The first-order valence-electron chi connectivity index (χ1n) is 7.06. The third kappa shape index (κ3) is 3.95. The van der Waals surface area contributed by atoms with Crippen LogP contribution in [0.5, 0.6) is 5.75 Å². The average molecular weight is 267 g/mol. The zero-order valence-corrected chi connectivity index (χ0v) is 12.3. The van der Waals surface area contributed by atoms with Gasteiger partial charge in [-0.05, 0) is 60.4 Å². The third-order valence-corrected chi connectivity index (χ3v) is 3.11. The molecule has 0 spiro atoms. The molecule has 2 rings (SSSR count). The molecule has 2 heteroatoms. The Labute approximate surface area is 121 Å². The molecule has 2 aromatic rings. The summed E-state index contributed by atoms with van der Waals surface area (Å²) in [5.74, 6) is 1.45. The van der Waals surface area contributed by atoms with Crippen molar-refractivity contribution in [1.29, 1.82) is 0 Å². The Bertz CT molecular complexity index is 553. The van der Waals surface area contributed by atoms with Gasteiger partial charge in [-0.2, -0.15) is 0 Å². The van der Waals surface area contributed by atoms with E-state index in [1.807, 2.05) is 37.4 Å². The Morgan fingerprint density at radius 2 is 1.65 bits per heavy atom. The van der Waals surface area contributed by atoms with Crippen molar-refractivity contribution in [3.05, 3.63) is 59.7 Å². The molecule has 0 aromatic heterocycles. The van der Waals surface area contributed by atoms with Crippen molar-refractivity contribution in [2.75, 3.05) is 6.61 Å². The predicted octanol–water partition coefficient (Wildman–Crippen LogP) is 4.96. The first-order chi connectivity index (χ1) is 9.69. The summed E-state index contributed by atoms with van der Waals surface area (Å²) in [6.45, 7) is 7.06. The summed E-state index contributed by atoms with van der Waals surface area (Å²) >= 11 is 0. The molecule has 0 N–H and O–H groups in total. The SMILES string of the molecule is CCOc1ccc(C=Nc2ccc(C(C)C)cc2)cc1. The predicted molar refractivity (Wildman–Crippen MR) is 85.4 cm³/mol. The maximum Gasteiger partial charge on any atom is 0.119 e. The van der Waals surface area contributed by atoms with Gasteiger partial charge in [0.15, 0.2) is 0 Å². The molecule has 0 aliphatic rings. The van der Waals surface area contributed by atoms with Gasteiger partial charge in [-0.15, -0.1) is 0 Å². The second-order valence-corrected chi connectivity index (χ2v) is 5.01. The van der Waals surface area contributed by atoms with Crippen LogP contribution in [0.25, 0.3) is 0 Å². The van der Waals surface area contributed by atoms with Crippen molar-refractivity contribution in [2.45, 2.75) is 26.7 Å². The van der Waals surface area contributed by atoms with Gasteiger partial charge in [0.25, 0.3) is 0 Å². The number of nitrogens with zero attached hydrogens (tertiary/aromatic N) is 1. The largest absolute Gasteiger partial charge is 0.494 e. The highest BCUT2D eigenvalue weighted by atomic mass is 16.5. The van der Waals surface area contributed by atoms with Crippen LogP contribution >= 0.6 is 0 Å². The summed E-state index contributed by atoms with van der Waals surface area (Å²) in [6.07, 6.45) is 1.88. The van der Waals surface area contributed by atoms with E-state index < -0.39 is 0 Å². The van der Waals surface area contributed by atoms with Crippen LogP contribution in [0.4, 0.5) is 5.69 Å². The van der Waals surface area contributed by atoms with Crippen LogP contribution in [0, 0.1) is 0 Å². The van der Waals surface area contributed by atoms with Crippen LogP contribution in [0.1, 0.15) is 37.8 Å². The van der Waals surface area contributed by atoms with E-state index >= 15 is 0 Å². The standard InChI is InChI=1S/C18H21NO/c1-4-20-18-11-5-15(6-12-18)13-19-17-9-7-16(8-10-17)14(2)3/h5-14H,4H2,1-3H3. The number of rotatable bonds is 5. The summed E-state index contributed by atoms with van der Waals surface area (Å²) in [6, 6.07) is 16.3. The van der Waals surface area contributed by atoms with E-state index in [0.29, 0.717) is 12.5 Å². The first-order valence-corrected chi connectivity index (χ1v) is 7.06. The molecule has 0 radical (unpaired) electrons. The van der Waals surface area contributed by atoms with Crippen LogP contribution in [0.2, 0.25) is 0 Å². The highest BCUT2D eigenvalue weighted by Crippen LogP contribution is 2.19. The van der Waals surface area contributed by atoms with Gasteiger partial charge in [0.2, 0.25) is 0 Å². The maximum absolute atomic E-state index is 5.41. The molecule has 0 saturated carbocycles. The number of hydrogen-bond acceptors (Lipinski definition) is 2. The van der Waals surface area contributed by atoms with Gasteiger partial charge in [-0.1, -0.05) is 26.0 Å². The highest BCUT2D eigenvalue weighted by molar-refractivity contribution is 5.82. The molecular weight excluding hydrogens is 246 g/mol. The van der Waals surface area contributed by atoms with E-state index in [1.54, 1.807) is 0 Å². The Balaban J connectivity index is 2.04. The van der Waals surface area contributed by atoms with Crippen LogP contribution in [-0.2, 0) is 0 Å². The Morgan fingerprint density at radius 1 is 1.00 bits per heavy atom. The van der Waals surface area contributed by atoms with Crippen molar-refractivity contribution in [3.63, 3.8) is 0 Å². The van der Waals surface area contributed by atoms with Crippen LogP contribution < -0.4 is 4.74 Å². The molecule has 0 bridgehead atoms. The number of hydrogen-bond donors (Lipinski definition) is 0. The monoisotopic (exact) mass is 267 g/mol. The third-order valence-electron chi connectivity index (χ3n) is 3.11. The lowest BCUT2D eigenvalue weighted by Gasteiger charge is -2.04. The molecule has 0 saturated heterocycles. The molecule has 2 aromatic carbocycles. The van der Waals surface area contributed by atoms with Gasteiger partial charge in [0, 0.05) is 6.21 Å². The number of aliphatic imine (C=N–C) groups is 1. The normalized spacial score (nSPS) is 11.2. The van der Waals surface area contributed by atoms with Crippen molar-refractivity contribution in [3.8, 4) is 5.75 Å². The second-order valence-electron chi connectivity index (χ2n) is 5.01. The van der Waals surface area contributed by atoms with E-state index in [4.69, 9.17) is 4.74 Å². The molecule has 0 atom stereocenters. The molecule has 0 unspecified atom stereocenters. The molecular formula is C18H21NO. The molecule has 0 aliphatic heterocycles. The average Bonchev–Trinajstić information content (AvgIpc) is 2.47. The van der Waals surface area contributed by atoms with E-state index in [2.05, 4.69) is 43.1 Å². The van der Waals surface area contributed by atoms with Crippen LogP contribution in [0.15, 0.2) is 53.5 Å². The topological polar surface area (TPSA) is 21.6 Å². The van der Waals surface area contributed by atoms with E-state index in [0.717, 1.165) is 17.0 Å². The second kappa shape index (κ2) is 6.90. The van der Waals surface area contributed by atoms with Gasteiger partial charge in [0.05, 0.1) is 12.3 Å². The summed E-state index contributed by atoms with van der Waals surface area (Å²) in [7, 11) is 0. The Hall–Kier alpha value is -2.09. The Morgan fingerprint density at radius 3 is 2.20 bits per heavy atom. The fraction of sp³-hybridized carbons (Fsp3) is 0.278. The lowest BCUT2D eigenvalue weighted by Crippen LogP contribution is -1.91. The van der Waals surface area contributed by atoms with Gasteiger partial charge < -0.3 is 4.74 Å². The van der Waals surface area contributed by atoms with Gasteiger partial charge >= 0.3 is 0 Å². The van der Waals surface area contributed by atoms with Crippen molar-refractivity contribution in [2.24, 2.45) is 4.99 Å². The highest BCUT2D eigenvalue weighted by Gasteiger charge is 1.97. The lowest BCUT2D eigenvalue weighted by molar-refractivity contribution is 0.340. The van der Waals surface area contributed by atoms with Gasteiger partial charge in [-0.3, -0.25) is 4.99 Å². The van der Waals surface area contributed by atoms with Crippen molar-refractivity contribution in [1.82, 2.24) is 0 Å². The number of benzene rings is 2. The molecule has 104 valence electrons. The zero-order chi connectivity index (χ0) is 14.4. The van der Waals surface area contributed by atoms with Crippen molar-refractivity contribution >= 4 is 11.9 Å².